The van der Waals surface area contributed by atoms with Gasteiger partial charge in [0.1, 0.15) is 11.4 Å². The maximum Gasteiger partial charge on any atom is 0.260 e. The summed E-state index contributed by atoms with van der Waals surface area (Å²) in [5.74, 6) is 0.622. The van der Waals surface area contributed by atoms with Gasteiger partial charge >= 0.3 is 0 Å². The van der Waals surface area contributed by atoms with Crippen LogP contribution in [0.4, 0.5) is 0 Å². The molecule has 2 heterocycles. The van der Waals surface area contributed by atoms with E-state index >= 15 is 0 Å². The lowest BCUT2D eigenvalue weighted by Gasteiger charge is -1.97. The van der Waals surface area contributed by atoms with Gasteiger partial charge in [0.15, 0.2) is 12.2 Å². The minimum absolute atomic E-state index is 0.0932. The molecule has 0 aromatic carbocycles. The standard InChI is InChI=1S/C12H15N3O2S/c1-8-11(3-4-16)18-7-15(8)6-10-5-13-9(2)14-12(10)17/h5,7,16H,3-4,6H2,1-2H3/p+1. The molecular weight excluding hydrogens is 250 g/mol. The third-order valence-electron chi connectivity index (χ3n) is 2.84. The summed E-state index contributed by atoms with van der Waals surface area (Å²) in [6.07, 6.45) is 2.27. The Hall–Kier alpha value is -1.53. The summed E-state index contributed by atoms with van der Waals surface area (Å²) in [6, 6.07) is 0. The van der Waals surface area contributed by atoms with Crippen LogP contribution in [-0.2, 0) is 13.0 Å². The number of H-pyrrole nitrogens is 1. The van der Waals surface area contributed by atoms with Crippen LogP contribution in [0, 0.1) is 13.8 Å². The van der Waals surface area contributed by atoms with E-state index in [1.54, 1.807) is 24.5 Å². The molecule has 0 spiro atoms. The second kappa shape index (κ2) is 5.41. The summed E-state index contributed by atoms with van der Waals surface area (Å²) in [6.45, 7) is 4.41. The van der Waals surface area contributed by atoms with Crippen molar-refractivity contribution in [2.75, 3.05) is 6.61 Å². The van der Waals surface area contributed by atoms with E-state index in [2.05, 4.69) is 9.97 Å². The van der Waals surface area contributed by atoms with E-state index in [4.69, 9.17) is 5.11 Å². The summed E-state index contributed by atoms with van der Waals surface area (Å²) in [5.41, 5.74) is 3.61. The highest BCUT2D eigenvalue weighted by Crippen LogP contribution is 2.11. The molecule has 0 aliphatic rings. The van der Waals surface area contributed by atoms with Crippen molar-refractivity contribution in [3.05, 3.63) is 44.0 Å². The van der Waals surface area contributed by atoms with E-state index in [-0.39, 0.29) is 12.2 Å². The van der Waals surface area contributed by atoms with Gasteiger partial charge < -0.3 is 10.1 Å². The molecule has 0 aliphatic heterocycles. The molecule has 0 amide bonds. The Morgan fingerprint density at radius 1 is 1.50 bits per heavy atom. The fourth-order valence-corrected chi connectivity index (χ4v) is 2.74. The topological polar surface area (TPSA) is 69.9 Å². The molecule has 0 saturated heterocycles. The van der Waals surface area contributed by atoms with Crippen molar-refractivity contribution in [1.29, 1.82) is 0 Å². The summed E-state index contributed by atoms with van der Waals surface area (Å²) >= 11 is 1.60. The van der Waals surface area contributed by atoms with Crippen molar-refractivity contribution in [2.45, 2.75) is 26.8 Å². The molecule has 0 radical (unpaired) electrons. The zero-order valence-corrected chi connectivity index (χ0v) is 11.3. The predicted octanol–water partition coefficient (Wildman–Crippen LogP) is 0.319. The lowest BCUT2D eigenvalue weighted by Crippen LogP contribution is -2.37. The van der Waals surface area contributed by atoms with Gasteiger partial charge in [0.2, 0.25) is 5.51 Å². The SMILES string of the molecule is Cc1ncc(C[n+]2csc(CCO)c2C)c(=O)[nH]1. The highest BCUT2D eigenvalue weighted by Gasteiger charge is 2.16. The first kappa shape index (κ1) is 12.9. The number of nitrogens with zero attached hydrogens (tertiary/aromatic N) is 2. The van der Waals surface area contributed by atoms with E-state index in [1.165, 1.54) is 0 Å². The van der Waals surface area contributed by atoms with Crippen molar-refractivity contribution >= 4 is 11.3 Å². The summed E-state index contributed by atoms with van der Waals surface area (Å²) in [7, 11) is 0. The first-order chi connectivity index (χ1) is 8.61. The molecule has 6 heteroatoms. The lowest BCUT2D eigenvalue weighted by atomic mass is 10.3. The second-order valence-electron chi connectivity index (χ2n) is 4.16. The molecule has 5 nitrogen and oxygen atoms in total. The first-order valence-corrected chi connectivity index (χ1v) is 6.62. The monoisotopic (exact) mass is 266 g/mol. The smallest absolute Gasteiger partial charge is 0.260 e. The quantitative estimate of drug-likeness (QED) is 0.783. The molecule has 0 saturated carbocycles. The molecular formula is C12H16N3O2S+. The number of aliphatic hydroxyl groups excluding tert-OH is 1. The van der Waals surface area contributed by atoms with E-state index in [0.717, 1.165) is 10.6 Å². The third-order valence-corrected chi connectivity index (χ3v) is 3.98. The van der Waals surface area contributed by atoms with Crippen LogP contribution >= 0.6 is 11.3 Å². The van der Waals surface area contributed by atoms with Crippen LogP contribution in [0.1, 0.15) is 22.0 Å². The van der Waals surface area contributed by atoms with Crippen molar-refractivity contribution in [1.82, 2.24) is 9.97 Å². The molecule has 0 aliphatic carbocycles. The average molecular weight is 266 g/mol. The Bertz CT molecular complexity index is 604. The number of hydrogen-bond donors (Lipinski definition) is 2. The highest BCUT2D eigenvalue weighted by atomic mass is 32.1. The molecule has 0 atom stereocenters. The van der Waals surface area contributed by atoms with Crippen LogP contribution in [0.5, 0.6) is 0 Å². The van der Waals surface area contributed by atoms with E-state index in [1.807, 2.05) is 17.0 Å². The van der Waals surface area contributed by atoms with E-state index in [0.29, 0.717) is 24.4 Å². The van der Waals surface area contributed by atoms with E-state index < -0.39 is 0 Å². The second-order valence-corrected chi connectivity index (χ2v) is 5.10. The molecule has 18 heavy (non-hydrogen) atoms. The molecule has 2 N–H and O–H groups in total. The van der Waals surface area contributed by atoms with Gasteiger partial charge in [-0.1, -0.05) is 11.3 Å². The zero-order valence-electron chi connectivity index (χ0n) is 10.4. The van der Waals surface area contributed by atoms with Crippen LogP contribution in [0.3, 0.4) is 0 Å². The first-order valence-electron chi connectivity index (χ1n) is 5.74. The Kier molecular flexibility index (Phi) is 3.88. The largest absolute Gasteiger partial charge is 0.396 e. The normalized spacial score (nSPS) is 10.8. The molecule has 2 aromatic rings. The van der Waals surface area contributed by atoms with E-state index in [9.17, 15) is 4.79 Å². The van der Waals surface area contributed by atoms with Gasteiger partial charge in [-0.3, -0.25) is 4.79 Å². The lowest BCUT2D eigenvalue weighted by molar-refractivity contribution is -0.689. The molecule has 2 rings (SSSR count). The molecule has 96 valence electrons. The van der Waals surface area contributed by atoms with Crippen LogP contribution in [-0.4, -0.2) is 21.7 Å². The number of aryl methyl sites for hydroxylation is 1. The minimum atomic E-state index is -0.0932. The van der Waals surface area contributed by atoms with Crippen molar-refractivity contribution < 1.29 is 9.67 Å². The Labute approximate surface area is 109 Å². The zero-order chi connectivity index (χ0) is 13.1. The summed E-state index contributed by atoms with van der Waals surface area (Å²) in [5, 5.41) is 8.95. The summed E-state index contributed by atoms with van der Waals surface area (Å²) < 4.78 is 2.01. The highest BCUT2D eigenvalue weighted by molar-refractivity contribution is 7.09. The number of aromatic nitrogens is 3. The number of thiazole rings is 1. The number of rotatable bonds is 4. The minimum Gasteiger partial charge on any atom is -0.396 e. The Morgan fingerprint density at radius 2 is 2.28 bits per heavy atom. The van der Waals surface area contributed by atoms with Gasteiger partial charge in [-0.25, -0.2) is 4.98 Å². The van der Waals surface area contributed by atoms with Crippen LogP contribution in [0.2, 0.25) is 0 Å². The number of nitrogens with one attached hydrogen (secondary N) is 1. The van der Waals surface area contributed by atoms with Gasteiger partial charge in [-0.05, 0) is 6.92 Å². The third kappa shape index (κ3) is 2.65. The van der Waals surface area contributed by atoms with Crippen LogP contribution in [0.15, 0.2) is 16.5 Å². The maximum absolute atomic E-state index is 11.7. The van der Waals surface area contributed by atoms with Crippen molar-refractivity contribution in [3.8, 4) is 0 Å². The molecule has 2 aromatic heterocycles. The van der Waals surface area contributed by atoms with Gasteiger partial charge in [0.05, 0.1) is 4.88 Å². The predicted molar refractivity (Wildman–Crippen MR) is 68.7 cm³/mol. The van der Waals surface area contributed by atoms with Crippen LogP contribution in [0.25, 0.3) is 0 Å². The number of aliphatic hydroxyl groups is 1. The Balaban J connectivity index is 2.26. The summed E-state index contributed by atoms with van der Waals surface area (Å²) in [4.78, 5) is 19.7. The number of aromatic amines is 1. The molecule has 0 fully saturated rings. The fourth-order valence-electron chi connectivity index (χ4n) is 1.76. The van der Waals surface area contributed by atoms with Gasteiger partial charge in [0, 0.05) is 26.1 Å². The molecule has 0 bridgehead atoms. The average Bonchev–Trinajstić information content (AvgIpc) is 2.66. The number of hydrogen-bond acceptors (Lipinski definition) is 4. The van der Waals surface area contributed by atoms with Gasteiger partial charge in [0.25, 0.3) is 5.56 Å². The fraction of sp³-hybridized carbons (Fsp3) is 0.417. The molecule has 0 unspecified atom stereocenters. The Morgan fingerprint density at radius 3 is 2.94 bits per heavy atom. The maximum atomic E-state index is 11.7. The van der Waals surface area contributed by atoms with Gasteiger partial charge in [-0.15, -0.1) is 0 Å². The van der Waals surface area contributed by atoms with Crippen LogP contribution < -0.4 is 10.1 Å². The van der Waals surface area contributed by atoms with Gasteiger partial charge in [-0.2, -0.15) is 4.57 Å². The van der Waals surface area contributed by atoms with Crippen molar-refractivity contribution in [2.24, 2.45) is 0 Å². The van der Waals surface area contributed by atoms with Crippen molar-refractivity contribution in [3.63, 3.8) is 0 Å².